The summed E-state index contributed by atoms with van der Waals surface area (Å²) in [5.41, 5.74) is 1.32. The Morgan fingerprint density at radius 1 is 1.15 bits per heavy atom. The lowest BCUT2D eigenvalue weighted by atomic mass is 10.0. The second kappa shape index (κ2) is 6.20. The van der Waals surface area contributed by atoms with E-state index in [1.165, 1.54) is 11.0 Å². The lowest BCUT2D eigenvalue weighted by molar-refractivity contribution is -0.139. The van der Waals surface area contributed by atoms with Gasteiger partial charge in [0.15, 0.2) is 0 Å². The zero-order valence-corrected chi connectivity index (χ0v) is 11.9. The standard InChI is InChI=1S/C15H16N2O2.ClH/c18-14-9-13(11-5-2-1-3-6-11)15(19)17(14)12-7-4-8-16-10-12;/h1-3,5-6,9,12,16H,4,7-8,10H2;1H. The maximum absolute atomic E-state index is 12.4. The molecule has 0 bridgehead atoms. The van der Waals surface area contributed by atoms with Crippen molar-refractivity contribution >= 4 is 29.8 Å². The first kappa shape index (κ1) is 14.8. The molecule has 1 atom stereocenters. The second-order valence-electron chi connectivity index (χ2n) is 4.94. The fraction of sp³-hybridized carbons (Fsp3) is 0.333. The lowest BCUT2D eigenvalue weighted by Crippen LogP contribution is -2.48. The summed E-state index contributed by atoms with van der Waals surface area (Å²) in [5, 5.41) is 3.24. The van der Waals surface area contributed by atoms with Crippen molar-refractivity contribution in [1.29, 1.82) is 0 Å². The molecule has 5 heteroatoms. The minimum atomic E-state index is -0.183. The van der Waals surface area contributed by atoms with Crippen molar-refractivity contribution in [2.24, 2.45) is 0 Å². The molecule has 2 aliphatic heterocycles. The van der Waals surface area contributed by atoms with Crippen LogP contribution in [0.2, 0.25) is 0 Å². The predicted molar refractivity (Wildman–Crippen MR) is 79.4 cm³/mol. The summed E-state index contributed by atoms with van der Waals surface area (Å²) >= 11 is 0. The molecule has 0 saturated carbocycles. The highest BCUT2D eigenvalue weighted by atomic mass is 35.5. The van der Waals surface area contributed by atoms with Crippen LogP contribution >= 0.6 is 12.4 Å². The molecule has 3 rings (SSSR count). The highest BCUT2D eigenvalue weighted by Crippen LogP contribution is 2.26. The topological polar surface area (TPSA) is 49.4 Å². The molecule has 1 aromatic carbocycles. The summed E-state index contributed by atoms with van der Waals surface area (Å²) in [5.74, 6) is -0.345. The van der Waals surface area contributed by atoms with Gasteiger partial charge in [-0.05, 0) is 24.9 Å². The van der Waals surface area contributed by atoms with E-state index >= 15 is 0 Å². The number of nitrogens with zero attached hydrogens (tertiary/aromatic N) is 1. The summed E-state index contributed by atoms with van der Waals surface area (Å²) in [6, 6.07) is 9.36. The van der Waals surface area contributed by atoms with Gasteiger partial charge < -0.3 is 5.32 Å². The molecule has 0 aromatic heterocycles. The third-order valence-electron chi connectivity index (χ3n) is 3.68. The molecule has 0 radical (unpaired) electrons. The molecule has 0 spiro atoms. The largest absolute Gasteiger partial charge is 0.315 e. The normalized spacial score (nSPS) is 22.5. The van der Waals surface area contributed by atoms with Crippen molar-refractivity contribution in [1.82, 2.24) is 10.2 Å². The molecule has 1 N–H and O–H groups in total. The number of hydrogen-bond donors (Lipinski definition) is 1. The first-order valence-corrected chi connectivity index (χ1v) is 6.63. The van der Waals surface area contributed by atoms with Gasteiger partial charge in [-0.25, -0.2) is 0 Å². The summed E-state index contributed by atoms with van der Waals surface area (Å²) in [6.07, 6.45) is 3.36. The average Bonchev–Trinajstić information content (AvgIpc) is 2.76. The van der Waals surface area contributed by atoms with Gasteiger partial charge >= 0.3 is 0 Å². The van der Waals surface area contributed by atoms with Crippen LogP contribution in [0.5, 0.6) is 0 Å². The van der Waals surface area contributed by atoms with Crippen LogP contribution < -0.4 is 5.32 Å². The third kappa shape index (κ3) is 2.62. The Balaban J connectivity index is 0.00000147. The number of benzene rings is 1. The summed E-state index contributed by atoms with van der Waals surface area (Å²) in [6.45, 7) is 1.67. The molecule has 1 unspecified atom stereocenters. The molecule has 1 fully saturated rings. The van der Waals surface area contributed by atoms with Crippen LogP contribution in [0.25, 0.3) is 5.57 Å². The van der Waals surface area contributed by atoms with Crippen molar-refractivity contribution in [3.8, 4) is 0 Å². The van der Waals surface area contributed by atoms with Gasteiger partial charge in [0.05, 0.1) is 11.6 Å². The van der Waals surface area contributed by atoms with E-state index in [2.05, 4.69) is 5.32 Å². The maximum atomic E-state index is 12.4. The van der Waals surface area contributed by atoms with Crippen molar-refractivity contribution in [3.05, 3.63) is 42.0 Å². The smallest absolute Gasteiger partial charge is 0.261 e. The number of amides is 2. The monoisotopic (exact) mass is 292 g/mol. The van der Waals surface area contributed by atoms with Crippen molar-refractivity contribution in [2.45, 2.75) is 18.9 Å². The minimum Gasteiger partial charge on any atom is -0.315 e. The van der Waals surface area contributed by atoms with Crippen molar-refractivity contribution in [2.75, 3.05) is 13.1 Å². The number of piperidine rings is 1. The molecular weight excluding hydrogens is 276 g/mol. The van der Waals surface area contributed by atoms with Crippen molar-refractivity contribution in [3.63, 3.8) is 0 Å². The Hall–Kier alpha value is -1.65. The third-order valence-corrected chi connectivity index (χ3v) is 3.68. The number of imide groups is 1. The fourth-order valence-corrected chi connectivity index (χ4v) is 2.71. The zero-order valence-electron chi connectivity index (χ0n) is 11.0. The molecule has 1 aromatic rings. The van der Waals surface area contributed by atoms with E-state index in [1.54, 1.807) is 0 Å². The average molecular weight is 293 g/mol. The molecule has 106 valence electrons. The Morgan fingerprint density at radius 3 is 2.55 bits per heavy atom. The first-order valence-electron chi connectivity index (χ1n) is 6.63. The summed E-state index contributed by atoms with van der Waals surface area (Å²) in [7, 11) is 0. The van der Waals surface area contributed by atoms with E-state index in [9.17, 15) is 9.59 Å². The number of carbonyl (C=O) groups is 2. The second-order valence-corrected chi connectivity index (χ2v) is 4.94. The minimum absolute atomic E-state index is 0. The lowest BCUT2D eigenvalue weighted by Gasteiger charge is -2.30. The first-order chi connectivity index (χ1) is 9.27. The van der Waals surface area contributed by atoms with Crippen LogP contribution in [0.3, 0.4) is 0 Å². The molecule has 2 aliphatic rings. The molecular formula is C15H17ClN2O2. The molecule has 0 aliphatic carbocycles. The molecule has 2 amide bonds. The number of halogens is 1. The summed E-state index contributed by atoms with van der Waals surface area (Å²) in [4.78, 5) is 25.9. The van der Waals surface area contributed by atoms with Crippen LogP contribution in [0.4, 0.5) is 0 Å². The van der Waals surface area contributed by atoms with E-state index in [-0.39, 0.29) is 30.3 Å². The van der Waals surface area contributed by atoms with Crippen LogP contribution in [0.15, 0.2) is 36.4 Å². The molecule has 1 saturated heterocycles. The van der Waals surface area contributed by atoms with Gasteiger partial charge in [0.1, 0.15) is 0 Å². The quantitative estimate of drug-likeness (QED) is 0.843. The molecule has 2 heterocycles. The Kier molecular flexibility index (Phi) is 4.57. The van der Waals surface area contributed by atoms with Crippen molar-refractivity contribution < 1.29 is 9.59 Å². The van der Waals surface area contributed by atoms with Gasteiger partial charge in [0.25, 0.3) is 11.8 Å². The number of carbonyl (C=O) groups excluding carboxylic acids is 2. The number of rotatable bonds is 2. The van der Waals surface area contributed by atoms with Gasteiger partial charge in [-0.15, -0.1) is 12.4 Å². The Morgan fingerprint density at radius 2 is 1.90 bits per heavy atom. The van der Waals surface area contributed by atoms with E-state index in [0.29, 0.717) is 12.1 Å². The van der Waals surface area contributed by atoms with Crippen LogP contribution in [-0.4, -0.2) is 35.8 Å². The van der Waals surface area contributed by atoms with E-state index in [4.69, 9.17) is 0 Å². The Bertz CT molecular complexity index is 536. The van der Waals surface area contributed by atoms with E-state index in [0.717, 1.165) is 24.9 Å². The SMILES string of the molecule is Cl.O=C1C=C(c2ccccc2)C(=O)N1C1CCCNC1. The number of hydrogen-bond acceptors (Lipinski definition) is 3. The fourth-order valence-electron chi connectivity index (χ4n) is 2.71. The van der Waals surface area contributed by atoms with Gasteiger partial charge in [-0.3, -0.25) is 14.5 Å². The predicted octanol–water partition coefficient (Wildman–Crippen LogP) is 1.61. The van der Waals surface area contributed by atoms with E-state index < -0.39 is 0 Å². The highest BCUT2D eigenvalue weighted by molar-refractivity contribution is 6.33. The molecule has 4 nitrogen and oxygen atoms in total. The zero-order chi connectivity index (χ0) is 13.2. The number of nitrogens with one attached hydrogen (secondary N) is 1. The maximum Gasteiger partial charge on any atom is 0.261 e. The Labute approximate surface area is 124 Å². The van der Waals surface area contributed by atoms with Gasteiger partial charge in [0, 0.05) is 12.6 Å². The van der Waals surface area contributed by atoms with Gasteiger partial charge in [-0.1, -0.05) is 30.3 Å². The van der Waals surface area contributed by atoms with Gasteiger partial charge in [-0.2, -0.15) is 0 Å². The van der Waals surface area contributed by atoms with Gasteiger partial charge in [0.2, 0.25) is 0 Å². The molecule has 20 heavy (non-hydrogen) atoms. The van der Waals surface area contributed by atoms with Crippen LogP contribution in [0.1, 0.15) is 18.4 Å². The van der Waals surface area contributed by atoms with Crippen LogP contribution in [-0.2, 0) is 9.59 Å². The van der Waals surface area contributed by atoms with Crippen LogP contribution in [0, 0.1) is 0 Å². The highest BCUT2D eigenvalue weighted by Gasteiger charge is 2.37. The summed E-state index contributed by atoms with van der Waals surface area (Å²) < 4.78 is 0. The van der Waals surface area contributed by atoms with E-state index in [1.807, 2.05) is 30.3 Å².